The molecule has 0 radical (unpaired) electrons. The summed E-state index contributed by atoms with van der Waals surface area (Å²) in [6.07, 6.45) is 3.63. The molecule has 7 heteroatoms. The van der Waals surface area contributed by atoms with E-state index in [1.165, 1.54) is 35.1 Å². The van der Waals surface area contributed by atoms with Crippen LogP contribution in [0.4, 0.5) is 0 Å². The highest BCUT2D eigenvalue weighted by Crippen LogP contribution is 2.38. The van der Waals surface area contributed by atoms with E-state index in [4.69, 9.17) is 4.98 Å². The fraction of sp³-hybridized carbons (Fsp3) is 0.375. The lowest BCUT2D eigenvalue weighted by molar-refractivity contribution is 0.508. The molecule has 3 aromatic heterocycles. The van der Waals surface area contributed by atoms with Gasteiger partial charge in [0.2, 0.25) is 0 Å². The number of benzene rings is 1. The summed E-state index contributed by atoms with van der Waals surface area (Å²) < 4.78 is 2.26. The van der Waals surface area contributed by atoms with Crippen LogP contribution in [0.3, 0.4) is 0 Å². The minimum Gasteiger partial charge on any atom is -0.302 e. The Morgan fingerprint density at radius 3 is 2.84 bits per heavy atom. The number of thioether (sulfide) groups is 1. The molecule has 160 valence electrons. The van der Waals surface area contributed by atoms with Crippen molar-refractivity contribution < 1.29 is 0 Å². The minimum atomic E-state index is 0.789. The van der Waals surface area contributed by atoms with Crippen LogP contribution in [0.1, 0.15) is 42.0 Å². The molecule has 0 saturated heterocycles. The van der Waals surface area contributed by atoms with E-state index in [1.54, 1.807) is 28.0 Å². The lowest BCUT2D eigenvalue weighted by Gasteiger charge is -2.19. The van der Waals surface area contributed by atoms with Crippen molar-refractivity contribution in [2.75, 3.05) is 0 Å². The zero-order valence-electron chi connectivity index (χ0n) is 18.1. The maximum atomic E-state index is 4.88. The zero-order valence-corrected chi connectivity index (χ0v) is 20.5. The predicted molar refractivity (Wildman–Crippen MR) is 132 cm³/mol. The molecule has 1 aromatic carbocycles. The van der Waals surface area contributed by atoms with Crippen molar-refractivity contribution in [2.45, 2.75) is 57.5 Å². The smallest absolute Gasteiger partial charge is 0.191 e. The van der Waals surface area contributed by atoms with Gasteiger partial charge in [0.15, 0.2) is 11.0 Å². The van der Waals surface area contributed by atoms with Crippen LogP contribution >= 0.6 is 34.4 Å². The van der Waals surface area contributed by atoms with E-state index in [9.17, 15) is 0 Å². The van der Waals surface area contributed by atoms with Crippen molar-refractivity contribution in [3.05, 3.63) is 56.7 Å². The summed E-state index contributed by atoms with van der Waals surface area (Å²) in [5.74, 6) is 2.62. The van der Waals surface area contributed by atoms with E-state index in [1.807, 2.05) is 11.3 Å². The average Bonchev–Trinajstić information content (AvgIpc) is 3.50. The molecule has 1 aliphatic carbocycles. The van der Waals surface area contributed by atoms with Crippen molar-refractivity contribution in [1.29, 1.82) is 0 Å². The summed E-state index contributed by atoms with van der Waals surface area (Å²) in [4.78, 5) is 6.42. The second-order valence-corrected chi connectivity index (χ2v) is 11.0. The van der Waals surface area contributed by atoms with Gasteiger partial charge in [-0.25, -0.2) is 4.98 Å². The Balaban J connectivity index is 1.35. The molecule has 0 bridgehead atoms. The van der Waals surface area contributed by atoms with E-state index in [0.29, 0.717) is 0 Å². The number of thiophene rings is 1. The van der Waals surface area contributed by atoms with E-state index in [-0.39, 0.29) is 0 Å². The maximum Gasteiger partial charge on any atom is 0.191 e. The molecular formula is C24H26N4S3. The quantitative estimate of drug-likeness (QED) is 0.291. The SMILES string of the molecule is CCn1c(SCc2csc(-c3ccccc3C)n2)nnc1-c1csc2c1CCC(C)C2. The monoisotopic (exact) mass is 466 g/mol. The summed E-state index contributed by atoms with van der Waals surface area (Å²) in [7, 11) is 0. The molecule has 3 heterocycles. The van der Waals surface area contributed by atoms with E-state index in [0.717, 1.165) is 46.3 Å². The van der Waals surface area contributed by atoms with Crippen LogP contribution in [0.2, 0.25) is 0 Å². The highest BCUT2D eigenvalue weighted by molar-refractivity contribution is 7.98. The highest BCUT2D eigenvalue weighted by Gasteiger charge is 2.24. The van der Waals surface area contributed by atoms with Crippen molar-refractivity contribution in [1.82, 2.24) is 19.7 Å². The molecule has 0 saturated carbocycles. The molecule has 0 aliphatic heterocycles. The first-order chi connectivity index (χ1) is 15.1. The van der Waals surface area contributed by atoms with Crippen LogP contribution in [-0.4, -0.2) is 19.7 Å². The molecule has 4 nitrogen and oxygen atoms in total. The van der Waals surface area contributed by atoms with E-state index >= 15 is 0 Å². The average molecular weight is 467 g/mol. The molecule has 1 aliphatic rings. The largest absolute Gasteiger partial charge is 0.302 e. The molecule has 0 N–H and O–H groups in total. The number of nitrogens with zero attached hydrogens (tertiary/aromatic N) is 4. The second kappa shape index (κ2) is 8.88. The molecule has 1 atom stereocenters. The first-order valence-corrected chi connectivity index (χ1v) is 13.5. The Kier molecular flexibility index (Phi) is 5.99. The van der Waals surface area contributed by atoms with Gasteiger partial charge in [-0.2, -0.15) is 0 Å². The van der Waals surface area contributed by atoms with Gasteiger partial charge in [-0.1, -0.05) is 43.0 Å². The predicted octanol–water partition coefficient (Wildman–Crippen LogP) is 6.88. The number of rotatable bonds is 6. The van der Waals surface area contributed by atoms with Gasteiger partial charge in [0, 0.05) is 39.1 Å². The van der Waals surface area contributed by atoms with Gasteiger partial charge in [-0.05, 0) is 50.2 Å². The van der Waals surface area contributed by atoms with Gasteiger partial charge in [-0.3, -0.25) is 0 Å². The second-order valence-electron chi connectivity index (χ2n) is 8.20. The molecule has 31 heavy (non-hydrogen) atoms. The normalized spacial score (nSPS) is 15.9. The molecule has 0 fully saturated rings. The van der Waals surface area contributed by atoms with Gasteiger partial charge >= 0.3 is 0 Å². The van der Waals surface area contributed by atoms with Crippen LogP contribution in [0.5, 0.6) is 0 Å². The van der Waals surface area contributed by atoms with Crippen molar-refractivity contribution in [3.63, 3.8) is 0 Å². The van der Waals surface area contributed by atoms with Gasteiger partial charge in [0.05, 0.1) is 5.69 Å². The molecule has 4 aromatic rings. The summed E-state index contributed by atoms with van der Waals surface area (Å²) >= 11 is 5.34. The van der Waals surface area contributed by atoms with Gasteiger partial charge < -0.3 is 4.57 Å². The third kappa shape index (κ3) is 4.11. The van der Waals surface area contributed by atoms with Gasteiger partial charge in [0.25, 0.3) is 0 Å². The topological polar surface area (TPSA) is 43.6 Å². The zero-order chi connectivity index (χ0) is 21.4. The van der Waals surface area contributed by atoms with Gasteiger partial charge in [-0.15, -0.1) is 32.9 Å². The molecule has 5 rings (SSSR count). The Morgan fingerprint density at radius 1 is 1.13 bits per heavy atom. The summed E-state index contributed by atoms with van der Waals surface area (Å²) in [6.45, 7) is 7.54. The maximum absolute atomic E-state index is 4.88. The Labute approximate surface area is 195 Å². The summed E-state index contributed by atoms with van der Waals surface area (Å²) in [5.41, 5.74) is 6.38. The van der Waals surface area contributed by atoms with Crippen LogP contribution in [-0.2, 0) is 25.1 Å². The third-order valence-corrected chi connectivity index (χ3v) is 8.93. The summed E-state index contributed by atoms with van der Waals surface area (Å²) in [5, 5.41) is 15.7. The lowest BCUT2D eigenvalue weighted by atomic mass is 9.88. The third-order valence-electron chi connectivity index (χ3n) is 5.95. The molecular weight excluding hydrogens is 440 g/mol. The van der Waals surface area contributed by atoms with Crippen molar-refractivity contribution in [2.24, 2.45) is 5.92 Å². The van der Waals surface area contributed by atoms with Crippen LogP contribution in [0.15, 0.2) is 40.2 Å². The van der Waals surface area contributed by atoms with E-state index in [2.05, 4.69) is 70.6 Å². The lowest BCUT2D eigenvalue weighted by Crippen LogP contribution is -2.10. The Morgan fingerprint density at radius 2 is 2.00 bits per heavy atom. The number of hydrogen-bond donors (Lipinski definition) is 0. The van der Waals surface area contributed by atoms with Crippen molar-refractivity contribution in [3.8, 4) is 22.0 Å². The number of hydrogen-bond acceptors (Lipinski definition) is 6. The molecule has 0 amide bonds. The number of thiazole rings is 1. The number of aromatic nitrogens is 4. The number of aryl methyl sites for hydroxylation is 1. The minimum absolute atomic E-state index is 0.789. The standard InChI is InChI=1S/C24H26N4S3/c1-4-28-22(20-14-29-21-11-15(2)9-10-19(20)21)26-27-24(28)31-13-17-12-30-23(25-17)18-8-6-5-7-16(18)3/h5-8,12,14-15H,4,9-11,13H2,1-3H3. The Hall–Kier alpha value is -1.96. The molecule has 0 spiro atoms. The summed E-state index contributed by atoms with van der Waals surface area (Å²) in [6, 6.07) is 8.43. The fourth-order valence-corrected chi connectivity index (χ4v) is 7.35. The fourth-order valence-electron chi connectivity index (χ4n) is 4.19. The van der Waals surface area contributed by atoms with Crippen molar-refractivity contribution >= 4 is 34.4 Å². The molecule has 1 unspecified atom stereocenters. The van der Waals surface area contributed by atoms with Gasteiger partial charge in [0.1, 0.15) is 5.01 Å². The first kappa shape index (κ1) is 20.9. The van der Waals surface area contributed by atoms with Crippen LogP contribution in [0.25, 0.3) is 22.0 Å². The van der Waals surface area contributed by atoms with Crippen LogP contribution in [0, 0.1) is 12.8 Å². The van der Waals surface area contributed by atoms with E-state index < -0.39 is 0 Å². The van der Waals surface area contributed by atoms with Crippen LogP contribution < -0.4 is 0 Å². The number of fused-ring (bicyclic) bond motifs is 1. The Bertz CT molecular complexity index is 1200. The first-order valence-electron chi connectivity index (χ1n) is 10.8. The highest BCUT2D eigenvalue weighted by atomic mass is 32.2.